The molecule has 0 unspecified atom stereocenters. The van der Waals surface area contributed by atoms with E-state index < -0.39 is 0 Å². The molecule has 0 aromatic heterocycles. The highest BCUT2D eigenvalue weighted by atomic mass is 16.5. The molecule has 1 saturated carbocycles. The molecule has 1 aliphatic carbocycles. The highest BCUT2D eigenvalue weighted by Crippen LogP contribution is 2.35. The molecule has 2 amide bonds. The molecule has 1 aromatic rings. The van der Waals surface area contributed by atoms with Gasteiger partial charge in [-0.3, -0.25) is 9.59 Å². The lowest BCUT2D eigenvalue weighted by Gasteiger charge is -2.10. The minimum Gasteiger partial charge on any atom is -0.493 e. The van der Waals surface area contributed by atoms with Gasteiger partial charge in [-0.1, -0.05) is 5.57 Å². The molecule has 0 saturated heterocycles. The van der Waals surface area contributed by atoms with Crippen molar-refractivity contribution in [2.24, 2.45) is 5.92 Å². The minimum absolute atomic E-state index is 0.111. The number of benzene rings is 1. The maximum atomic E-state index is 12.1. The van der Waals surface area contributed by atoms with Crippen molar-refractivity contribution in [2.45, 2.75) is 19.8 Å². The average Bonchev–Trinajstić information content (AvgIpc) is 3.42. The molecule has 1 aromatic carbocycles. The topological polar surface area (TPSA) is 76.7 Å². The van der Waals surface area contributed by atoms with Gasteiger partial charge >= 0.3 is 0 Å². The molecular weight excluding hydrogens is 308 g/mol. The van der Waals surface area contributed by atoms with E-state index in [4.69, 9.17) is 9.47 Å². The van der Waals surface area contributed by atoms with E-state index >= 15 is 0 Å². The molecule has 0 heterocycles. The van der Waals surface area contributed by atoms with Gasteiger partial charge in [-0.05, 0) is 43.9 Å². The maximum absolute atomic E-state index is 12.1. The molecule has 0 atom stereocenters. The molecule has 0 radical (unpaired) electrons. The average molecular weight is 332 g/mol. The summed E-state index contributed by atoms with van der Waals surface area (Å²) in [6.07, 6.45) is 4.00. The molecule has 0 bridgehead atoms. The van der Waals surface area contributed by atoms with Crippen molar-refractivity contribution in [3.05, 3.63) is 35.4 Å². The zero-order valence-corrected chi connectivity index (χ0v) is 14.3. The van der Waals surface area contributed by atoms with E-state index in [0.717, 1.165) is 5.57 Å². The number of hydrogen-bond acceptors (Lipinski definition) is 4. The third kappa shape index (κ3) is 5.01. The van der Waals surface area contributed by atoms with Crippen LogP contribution in [0.15, 0.2) is 29.8 Å². The first-order valence-electron chi connectivity index (χ1n) is 8.01. The molecule has 0 aliphatic heterocycles. The van der Waals surface area contributed by atoms with Crippen LogP contribution in [0.1, 0.15) is 30.1 Å². The van der Waals surface area contributed by atoms with E-state index in [2.05, 4.69) is 10.6 Å². The van der Waals surface area contributed by atoms with Gasteiger partial charge in [-0.2, -0.15) is 0 Å². The van der Waals surface area contributed by atoms with Gasteiger partial charge in [-0.15, -0.1) is 0 Å². The van der Waals surface area contributed by atoms with Gasteiger partial charge in [0.25, 0.3) is 5.91 Å². The summed E-state index contributed by atoms with van der Waals surface area (Å²) in [5, 5.41) is 5.53. The molecule has 1 aliphatic rings. The fourth-order valence-corrected chi connectivity index (χ4v) is 2.36. The van der Waals surface area contributed by atoms with E-state index in [1.54, 1.807) is 31.4 Å². The molecule has 1 fully saturated rings. The normalized spacial score (nSPS) is 14.0. The van der Waals surface area contributed by atoms with Gasteiger partial charge in [-0.25, -0.2) is 0 Å². The number of hydrogen-bond donors (Lipinski definition) is 2. The standard InChI is InChI=1S/C18H24N2O4/c1-12(13-4-5-13)10-17(21)19-8-9-20-18(22)14-6-7-15(23-2)16(11-14)24-3/h6-7,10-11,13H,4-5,8-9H2,1-3H3,(H,19,21)(H,20,22)/b12-10+. The first kappa shape index (κ1) is 17.8. The Morgan fingerprint density at radius 2 is 1.79 bits per heavy atom. The third-order valence-corrected chi connectivity index (χ3v) is 3.94. The van der Waals surface area contributed by atoms with E-state index in [1.807, 2.05) is 6.92 Å². The number of amides is 2. The Balaban J connectivity index is 1.76. The SMILES string of the molecule is COc1ccc(C(=O)NCCNC(=O)/C=C(\C)C2CC2)cc1OC. The van der Waals surface area contributed by atoms with Crippen LogP contribution >= 0.6 is 0 Å². The largest absolute Gasteiger partial charge is 0.493 e. The van der Waals surface area contributed by atoms with Crippen molar-refractivity contribution in [2.75, 3.05) is 27.3 Å². The van der Waals surface area contributed by atoms with Crippen LogP contribution in [0, 0.1) is 5.92 Å². The Morgan fingerprint density at radius 1 is 1.12 bits per heavy atom. The molecule has 130 valence electrons. The number of carbonyl (C=O) groups is 2. The van der Waals surface area contributed by atoms with Crippen LogP contribution in [-0.4, -0.2) is 39.1 Å². The Morgan fingerprint density at radius 3 is 2.42 bits per heavy atom. The van der Waals surface area contributed by atoms with Crippen molar-refractivity contribution >= 4 is 11.8 Å². The third-order valence-electron chi connectivity index (χ3n) is 3.94. The fraction of sp³-hybridized carbons (Fsp3) is 0.444. The van der Waals surface area contributed by atoms with Crippen LogP contribution in [0.2, 0.25) is 0 Å². The number of carbonyl (C=O) groups excluding carboxylic acids is 2. The Kier molecular flexibility index (Phi) is 6.23. The van der Waals surface area contributed by atoms with Crippen LogP contribution in [0.4, 0.5) is 0 Å². The predicted octanol–water partition coefficient (Wildman–Crippen LogP) is 1.91. The van der Waals surface area contributed by atoms with Gasteiger partial charge in [0, 0.05) is 24.7 Å². The monoisotopic (exact) mass is 332 g/mol. The van der Waals surface area contributed by atoms with Gasteiger partial charge in [0.2, 0.25) is 5.91 Å². The fourth-order valence-electron chi connectivity index (χ4n) is 2.36. The quantitative estimate of drug-likeness (QED) is 0.563. The summed E-state index contributed by atoms with van der Waals surface area (Å²) >= 11 is 0. The predicted molar refractivity (Wildman–Crippen MR) is 91.4 cm³/mol. The zero-order chi connectivity index (χ0) is 17.5. The summed E-state index contributed by atoms with van der Waals surface area (Å²) in [4.78, 5) is 23.8. The summed E-state index contributed by atoms with van der Waals surface area (Å²) in [6.45, 7) is 2.72. The van der Waals surface area contributed by atoms with Crippen molar-refractivity contribution in [1.82, 2.24) is 10.6 Å². The number of rotatable bonds is 8. The van der Waals surface area contributed by atoms with Gasteiger partial charge in [0.05, 0.1) is 14.2 Å². The zero-order valence-electron chi connectivity index (χ0n) is 14.3. The molecular formula is C18H24N2O4. The summed E-state index contributed by atoms with van der Waals surface area (Å²) in [6, 6.07) is 4.96. The maximum Gasteiger partial charge on any atom is 0.251 e. The number of methoxy groups -OCH3 is 2. The van der Waals surface area contributed by atoms with Crippen molar-refractivity contribution < 1.29 is 19.1 Å². The summed E-state index contributed by atoms with van der Waals surface area (Å²) in [5.41, 5.74) is 1.60. The summed E-state index contributed by atoms with van der Waals surface area (Å²) < 4.78 is 10.3. The van der Waals surface area contributed by atoms with Gasteiger partial charge < -0.3 is 20.1 Å². The Hall–Kier alpha value is -2.50. The van der Waals surface area contributed by atoms with Gasteiger partial charge in [0.15, 0.2) is 11.5 Å². The second kappa shape index (κ2) is 8.38. The highest BCUT2D eigenvalue weighted by Gasteiger charge is 2.23. The van der Waals surface area contributed by atoms with Crippen LogP contribution in [0.3, 0.4) is 0 Å². The minimum atomic E-state index is -0.227. The van der Waals surface area contributed by atoms with Crippen LogP contribution in [-0.2, 0) is 4.79 Å². The second-order valence-corrected chi connectivity index (χ2v) is 5.78. The Bertz CT molecular complexity index is 636. The lowest BCUT2D eigenvalue weighted by molar-refractivity contribution is -0.116. The van der Waals surface area contributed by atoms with Crippen LogP contribution < -0.4 is 20.1 Å². The van der Waals surface area contributed by atoms with E-state index in [9.17, 15) is 9.59 Å². The molecule has 2 N–H and O–H groups in total. The lowest BCUT2D eigenvalue weighted by atomic mass is 10.2. The van der Waals surface area contributed by atoms with Crippen molar-refractivity contribution in [1.29, 1.82) is 0 Å². The van der Waals surface area contributed by atoms with Crippen LogP contribution in [0.25, 0.3) is 0 Å². The highest BCUT2D eigenvalue weighted by molar-refractivity contribution is 5.95. The number of nitrogens with one attached hydrogen (secondary N) is 2. The van der Waals surface area contributed by atoms with E-state index in [1.165, 1.54) is 20.0 Å². The van der Waals surface area contributed by atoms with E-state index in [-0.39, 0.29) is 11.8 Å². The molecule has 24 heavy (non-hydrogen) atoms. The lowest BCUT2D eigenvalue weighted by Crippen LogP contribution is -2.34. The Labute approximate surface area is 142 Å². The summed E-state index contributed by atoms with van der Waals surface area (Å²) in [5.74, 6) is 1.31. The second-order valence-electron chi connectivity index (χ2n) is 5.78. The number of ether oxygens (including phenoxy) is 2. The van der Waals surface area contributed by atoms with Crippen molar-refractivity contribution in [3.63, 3.8) is 0 Å². The first-order valence-corrected chi connectivity index (χ1v) is 8.01. The number of allylic oxidation sites excluding steroid dienone is 1. The van der Waals surface area contributed by atoms with Gasteiger partial charge in [0.1, 0.15) is 0 Å². The smallest absolute Gasteiger partial charge is 0.251 e. The molecule has 2 rings (SSSR count). The van der Waals surface area contributed by atoms with Crippen molar-refractivity contribution in [3.8, 4) is 11.5 Å². The molecule has 0 spiro atoms. The first-order chi connectivity index (χ1) is 11.5. The van der Waals surface area contributed by atoms with Crippen LogP contribution in [0.5, 0.6) is 11.5 Å². The molecule has 6 heteroatoms. The molecule has 6 nitrogen and oxygen atoms in total. The van der Waals surface area contributed by atoms with E-state index in [0.29, 0.717) is 36.1 Å². The summed E-state index contributed by atoms with van der Waals surface area (Å²) in [7, 11) is 3.06.